The molecule has 0 saturated heterocycles. The first-order chi connectivity index (χ1) is 8.19. The smallest absolute Gasteiger partial charge is 0.115 e. The van der Waals surface area contributed by atoms with E-state index in [1.165, 1.54) is 5.57 Å². The van der Waals surface area contributed by atoms with Crippen molar-refractivity contribution in [2.75, 3.05) is 7.11 Å². The van der Waals surface area contributed by atoms with E-state index >= 15 is 0 Å². The van der Waals surface area contributed by atoms with Gasteiger partial charge in [0.05, 0.1) is 7.11 Å². The molecule has 2 heteroatoms. The number of allylic oxidation sites excluding steroid dienone is 8. The Kier molecular flexibility index (Phi) is 6.06. The van der Waals surface area contributed by atoms with Gasteiger partial charge in [-0.3, -0.25) is 0 Å². The van der Waals surface area contributed by atoms with Crippen molar-refractivity contribution in [3.63, 3.8) is 0 Å². The predicted molar refractivity (Wildman–Crippen MR) is 78.1 cm³/mol. The quantitative estimate of drug-likeness (QED) is 0.411. The minimum Gasteiger partial charge on any atom is -0.497 e. The normalized spacial score (nSPS) is 24.9. The van der Waals surface area contributed by atoms with Crippen molar-refractivity contribution in [2.45, 2.75) is 18.2 Å². The van der Waals surface area contributed by atoms with E-state index in [4.69, 9.17) is 4.74 Å². The lowest BCUT2D eigenvalue weighted by atomic mass is 9.93. The molecule has 0 spiro atoms. The maximum atomic E-state index is 5.27. The SMILES string of the molecule is C=C/C=C\C(=C/CC1=CC=CC(C)C1Br)OC. The topological polar surface area (TPSA) is 9.23 Å². The lowest BCUT2D eigenvalue weighted by Crippen LogP contribution is -2.13. The molecule has 92 valence electrons. The van der Waals surface area contributed by atoms with E-state index in [1.54, 1.807) is 13.2 Å². The van der Waals surface area contributed by atoms with Crippen LogP contribution >= 0.6 is 15.9 Å². The van der Waals surface area contributed by atoms with E-state index < -0.39 is 0 Å². The van der Waals surface area contributed by atoms with Gasteiger partial charge in [-0.05, 0) is 24.5 Å². The molecule has 0 heterocycles. The Morgan fingerprint density at radius 3 is 3.00 bits per heavy atom. The van der Waals surface area contributed by atoms with E-state index in [9.17, 15) is 0 Å². The molecule has 0 radical (unpaired) electrons. The highest BCUT2D eigenvalue weighted by molar-refractivity contribution is 9.09. The predicted octanol–water partition coefficient (Wildman–Crippen LogP) is 4.54. The van der Waals surface area contributed by atoms with Crippen LogP contribution in [0.4, 0.5) is 0 Å². The molecule has 17 heavy (non-hydrogen) atoms. The van der Waals surface area contributed by atoms with Gasteiger partial charge in [0, 0.05) is 4.83 Å². The number of ether oxygens (including phenoxy) is 1. The molecule has 0 fully saturated rings. The van der Waals surface area contributed by atoms with Gasteiger partial charge in [-0.25, -0.2) is 0 Å². The zero-order valence-electron chi connectivity index (χ0n) is 10.4. The summed E-state index contributed by atoms with van der Waals surface area (Å²) in [5.41, 5.74) is 1.38. The van der Waals surface area contributed by atoms with Gasteiger partial charge in [-0.2, -0.15) is 0 Å². The summed E-state index contributed by atoms with van der Waals surface area (Å²) in [7, 11) is 1.68. The highest BCUT2D eigenvalue weighted by atomic mass is 79.9. The van der Waals surface area contributed by atoms with Gasteiger partial charge in [0.15, 0.2) is 0 Å². The maximum Gasteiger partial charge on any atom is 0.115 e. The molecule has 0 amide bonds. The molecule has 1 nitrogen and oxygen atoms in total. The van der Waals surface area contributed by atoms with Crippen molar-refractivity contribution < 1.29 is 4.74 Å². The van der Waals surface area contributed by atoms with Crippen LogP contribution < -0.4 is 0 Å². The fraction of sp³-hybridized carbons (Fsp3) is 0.333. The second-order valence-electron chi connectivity index (χ2n) is 4.00. The molecule has 2 unspecified atom stereocenters. The first-order valence-electron chi connectivity index (χ1n) is 5.73. The fourth-order valence-corrected chi connectivity index (χ4v) is 2.18. The molecule has 1 rings (SSSR count). The van der Waals surface area contributed by atoms with E-state index in [0.29, 0.717) is 10.7 Å². The van der Waals surface area contributed by atoms with Gasteiger partial charge in [0.2, 0.25) is 0 Å². The van der Waals surface area contributed by atoms with E-state index in [1.807, 2.05) is 12.2 Å². The largest absolute Gasteiger partial charge is 0.497 e. The summed E-state index contributed by atoms with van der Waals surface area (Å²) in [5.74, 6) is 1.41. The maximum absolute atomic E-state index is 5.27. The Morgan fingerprint density at radius 1 is 1.59 bits per heavy atom. The number of hydrogen-bond acceptors (Lipinski definition) is 1. The van der Waals surface area contributed by atoms with Crippen LogP contribution in [-0.4, -0.2) is 11.9 Å². The summed E-state index contributed by atoms with van der Waals surface area (Å²) in [5, 5.41) is 0. The standard InChI is InChI=1S/C15H19BrO/c1-4-5-9-14(17-3)11-10-13-8-6-7-12(2)15(13)16/h4-9,11-12,15H,1,10H2,2-3H3/b9-5-,14-11+. The summed E-state index contributed by atoms with van der Waals surface area (Å²) in [6.07, 6.45) is 15.0. The highest BCUT2D eigenvalue weighted by Crippen LogP contribution is 2.28. The number of hydrogen-bond donors (Lipinski definition) is 0. The third kappa shape index (κ3) is 4.39. The molecular weight excluding hydrogens is 276 g/mol. The first kappa shape index (κ1) is 14.0. The summed E-state index contributed by atoms with van der Waals surface area (Å²) in [6, 6.07) is 0. The number of rotatable bonds is 5. The van der Waals surface area contributed by atoms with Gasteiger partial charge in [-0.1, -0.05) is 65.4 Å². The fourth-order valence-electron chi connectivity index (χ4n) is 1.66. The molecule has 2 atom stereocenters. The summed E-state index contributed by atoms with van der Waals surface area (Å²) in [6.45, 7) is 5.85. The Morgan fingerprint density at radius 2 is 2.35 bits per heavy atom. The van der Waals surface area contributed by atoms with Crippen molar-refractivity contribution >= 4 is 15.9 Å². The molecule has 0 aromatic heterocycles. The third-order valence-electron chi connectivity index (χ3n) is 2.71. The average molecular weight is 295 g/mol. The number of halogens is 1. The van der Waals surface area contributed by atoms with Crippen LogP contribution in [-0.2, 0) is 4.74 Å². The second-order valence-corrected chi connectivity index (χ2v) is 4.98. The van der Waals surface area contributed by atoms with Crippen molar-refractivity contribution in [3.8, 4) is 0 Å². The van der Waals surface area contributed by atoms with Crippen molar-refractivity contribution in [1.29, 1.82) is 0 Å². The molecule has 1 aliphatic carbocycles. The van der Waals surface area contributed by atoms with Crippen LogP contribution in [0.5, 0.6) is 0 Å². The Hall–Kier alpha value is -1.02. The molecule has 1 aliphatic rings. The molecular formula is C15H19BrO. The van der Waals surface area contributed by atoms with E-state index in [2.05, 4.69) is 53.7 Å². The van der Waals surface area contributed by atoms with Gasteiger partial charge in [0.25, 0.3) is 0 Å². The van der Waals surface area contributed by atoms with Crippen molar-refractivity contribution in [1.82, 2.24) is 0 Å². The second kappa shape index (κ2) is 7.33. The lowest BCUT2D eigenvalue weighted by Gasteiger charge is -2.20. The minimum absolute atomic E-state index is 0.422. The molecule has 0 N–H and O–H groups in total. The van der Waals surface area contributed by atoms with Gasteiger partial charge < -0.3 is 4.74 Å². The van der Waals surface area contributed by atoms with Crippen LogP contribution in [0, 0.1) is 5.92 Å². The molecule has 0 aromatic rings. The highest BCUT2D eigenvalue weighted by Gasteiger charge is 2.17. The lowest BCUT2D eigenvalue weighted by molar-refractivity contribution is 0.305. The zero-order chi connectivity index (χ0) is 12.7. The van der Waals surface area contributed by atoms with Crippen LogP contribution in [0.15, 0.2) is 60.4 Å². The van der Waals surface area contributed by atoms with Gasteiger partial charge >= 0.3 is 0 Å². The molecule has 0 aliphatic heterocycles. The molecule has 0 saturated carbocycles. The van der Waals surface area contributed by atoms with Crippen molar-refractivity contribution in [2.24, 2.45) is 5.92 Å². The average Bonchev–Trinajstić information content (AvgIpc) is 2.34. The molecule has 0 aromatic carbocycles. The van der Waals surface area contributed by atoms with Crippen LogP contribution in [0.3, 0.4) is 0 Å². The van der Waals surface area contributed by atoms with Crippen LogP contribution in [0.25, 0.3) is 0 Å². The van der Waals surface area contributed by atoms with E-state index in [0.717, 1.165) is 12.2 Å². The minimum atomic E-state index is 0.422. The van der Waals surface area contributed by atoms with Gasteiger partial charge in [-0.15, -0.1) is 0 Å². The number of methoxy groups -OCH3 is 1. The summed E-state index contributed by atoms with van der Waals surface area (Å²) < 4.78 is 5.27. The first-order valence-corrected chi connectivity index (χ1v) is 6.65. The Balaban J connectivity index is 2.68. The van der Waals surface area contributed by atoms with E-state index in [-0.39, 0.29) is 0 Å². The Labute approximate surface area is 112 Å². The van der Waals surface area contributed by atoms with Crippen LogP contribution in [0.2, 0.25) is 0 Å². The molecule has 0 bridgehead atoms. The van der Waals surface area contributed by atoms with Crippen molar-refractivity contribution in [3.05, 3.63) is 60.4 Å². The number of alkyl halides is 1. The zero-order valence-corrected chi connectivity index (χ0v) is 12.0. The summed E-state index contributed by atoms with van der Waals surface area (Å²) >= 11 is 3.72. The summed E-state index contributed by atoms with van der Waals surface area (Å²) in [4.78, 5) is 0.422. The Bertz CT molecular complexity index is 374. The monoisotopic (exact) mass is 294 g/mol. The third-order valence-corrected chi connectivity index (χ3v) is 4.13. The van der Waals surface area contributed by atoms with Crippen LogP contribution in [0.1, 0.15) is 13.3 Å². The van der Waals surface area contributed by atoms with Gasteiger partial charge in [0.1, 0.15) is 5.76 Å².